The predicted molar refractivity (Wildman–Crippen MR) is 49.0 cm³/mol. The van der Waals surface area contributed by atoms with Crippen molar-refractivity contribution in [2.45, 2.75) is 13.0 Å². The molecule has 0 amide bonds. The fraction of sp³-hybridized carbons (Fsp3) is 0.857. The molecule has 0 aliphatic rings. The number of rotatable bonds is 6. The summed E-state index contributed by atoms with van der Waals surface area (Å²) in [5.74, 6) is 0. The summed E-state index contributed by atoms with van der Waals surface area (Å²) in [4.78, 5) is 12.2. The Balaban J connectivity index is 4.12. The third kappa shape index (κ3) is 6.68. The minimum absolute atomic E-state index is 0.285. The zero-order chi connectivity index (χ0) is 10.5. The van der Waals surface area contributed by atoms with Crippen LogP contribution in [0.25, 0.3) is 0 Å². The van der Waals surface area contributed by atoms with E-state index in [0.717, 1.165) is 12.8 Å². The van der Waals surface area contributed by atoms with E-state index in [-0.39, 0.29) is 6.54 Å². The molecule has 0 rings (SSSR count). The molecule has 0 fully saturated rings. The van der Waals surface area contributed by atoms with Crippen molar-refractivity contribution in [3.05, 3.63) is 0 Å². The number of carbonyl (C=O) groups excluding carboxylic acids is 1. The second-order valence-electron chi connectivity index (χ2n) is 2.83. The van der Waals surface area contributed by atoms with Crippen molar-refractivity contribution < 1.29 is 17.4 Å². The number of hydrogen-bond acceptors (Lipinski definition) is 5. The smallest absolute Gasteiger partial charge is 0.265 e. The molecule has 0 spiro atoms. The molecular formula is C7H15NO4S. The molecule has 13 heavy (non-hydrogen) atoms. The molecular weight excluding hydrogens is 194 g/mol. The molecule has 0 bridgehead atoms. The third-order valence-corrected chi connectivity index (χ3v) is 2.08. The Hall–Kier alpha value is -0.460. The summed E-state index contributed by atoms with van der Waals surface area (Å²) in [6, 6.07) is 0. The van der Waals surface area contributed by atoms with Gasteiger partial charge in [-0.1, -0.05) is 6.92 Å². The van der Waals surface area contributed by atoms with Gasteiger partial charge in [-0.05, 0) is 13.6 Å². The Labute approximate surface area is 78.8 Å². The Bertz CT molecular complexity index is 249. The molecule has 0 aliphatic heterocycles. The average Bonchev–Trinajstić information content (AvgIpc) is 2.00. The first kappa shape index (κ1) is 12.5. The SMILES string of the molecule is CCN(C)CC(C=O)OS(C)(=O)=O. The van der Waals surface area contributed by atoms with Gasteiger partial charge in [0.25, 0.3) is 10.1 Å². The summed E-state index contributed by atoms with van der Waals surface area (Å²) in [6.45, 7) is 2.92. The molecule has 0 saturated carbocycles. The van der Waals surface area contributed by atoms with Gasteiger partial charge < -0.3 is 9.69 Å². The van der Waals surface area contributed by atoms with E-state index in [0.29, 0.717) is 6.29 Å². The van der Waals surface area contributed by atoms with Crippen LogP contribution in [0.2, 0.25) is 0 Å². The topological polar surface area (TPSA) is 63.7 Å². The van der Waals surface area contributed by atoms with Crippen LogP contribution in [0, 0.1) is 0 Å². The normalized spacial score (nSPS) is 14.5. The van der Waals surface area contributed by atoms with Crippen molar-refractivity contribution in [1.82, 2.24) is 4.90 Å². The van der Waals surface area contributed by atoms with E-state index in [9.17, 15) is 13.2 Å². The third-order valence-electron chi connectivity index (χ3n) is 1.48. The molecule has 0 aromatic heterocycles. The second-order valence-corrected chi connectivity index (χ2v) is 4.43. The van der Waals surface area contributed by atoms with Gasteiger partial charge in [0.15, 0.2) is 6.29 Å². The molecule has 0 aromatic carbocycles. The minimum atomic E-state index is -3.55. The highest BCUT2D eigenvalue weighted by Gasteiger charge is 2.15. The first-order valence-electron chi connectivity index (χ1n) is 3.91. The molecule has 1 unspecified atom stereocenters. The highest BCUT2D eigenvalue weighted by molar-refractivity contribution is 7.86. The summed E-state index contributed by atoms with van der Waals surface area (Å²) in [5, 5.41) is 0. The van der Waals surface area contributed by atoms with Crippen LogP contribution in [0.15, 0.2) is 0 Å². The second kappa shape index (κ2) is 5.31. The van der Waals surface area contributed by atoms with E-state index in [1.54, 1.807) is 11.9 Å². The van der Waals surface area contributed by atoms with Crippen molar-refractivity contribution in [3.8, 4) is 0 Å². The van der Waals surface area contributed by atoms with Gasteiger partial charge in [0, 0.05) is 6.54 Å². The lowest BCUT2D eigenvalue weighted by Gasteiger charge is -2.17. The molecule has 5 nitrogen and oxygen atoms in total. The Morgan fingerprint density at radius 3 is 2.38 bits per heavy atom. The number of nitrogens with zero attached hydrogens (tertiary/aromatic N) is 1. The highest BCUT2D eigenvalue weighted by Crippen LogP contribution is 1.97. The fourth-order valence-electron chi connectivity index (χ4n) is 0.757. The summed E-state index contributed by atoms with van der Waals surface area (Å²) in [5.41, 5.74) is 0. The van der Waals surface area contributed by atoms with Crippen molar-refractivity contribution in [1.29, 1.82) is 0 Å². The lowest BCUT2D eigenvalue weighted by molar-refractivity contribution is -0.114. The molecule has 0 N–H and O–H groups in total. The molecule has 6 heteroatoms. The zero-order valence-corrected chi connectivity index (χ0v) is 8.87. The Morgan fingerprint density at radius 1 is 1.54 bits per heavy atom. The molecule has 0 aliphatic carbocycles. The first-order chi connectivity index (χ1) is 5.89. The number of aldehydes is 1. The van der Waals surface area contributed by atoms with Gasteiger partial charge in [0.2, 0.25) is 0 Å². The predicted octanol–water partition coefficient (Wildman–Crippen LogP) is -0.518. The maximum absolute atomic E-state index is 10.7. The molecule has 0 radical (unpaired) electrons. The van der Waals surface area contributed by atoms with E-state index in [4.69, 9.17) is 0 Å². The number of hydrogen-bond donors (Lipinski definition) is 0. The van der Waals surface area contributed by atoms with Crippen LogP contribution >= 0.6 is 0 Å². The van der Waals surface area contributed by atoms with Crippen LogP contribution in [0.1, 0.15) is 6.92 Å². The summed E-state index contributed by atoms with van der Waals surface area (Å²) < 4.78 is 25.9. The van der Waals surface area contributed by atoms with Gasteiger partial charge in [-0.25, -0.2) is 0 Å². The van der Waals surface area contributed by atoms with Crippen molar-refractivity contribution in [2.75, 3.05) is 26.4 Å². The first-order valence-corrected chi connectivity index (χ1v) is 5.72. The van der Waals surface area contributed by atoms with Gasteiger partial charge in [0.1, 0.15) is 6.10 Å². The van der Waals surface area contributed by atoms with Crippen LogP contribution < -0.4 is 0 Å². The fourth-order valence-corrected chi connectivity index (χ4v) is 1.31. The van der Waals surface area contributed by atoms with Gasteiger partial charge in [-0.3, -0.25) is 4.18 Å². The quantitative estimate of drug-likeness (QED) is 0.435. The Morgan fingerprint density at radius 2 is 2.08 bits per heavy atom. The zero-order valence-electron chi connectivity index (χ0n) is 8.06. The van der Waals surface area contributed by atoms with Crippen molar-refractivity contribution >= 4 is 16.4 Å². The van der Waals surface area contributed by atoms with Crippen LogP contribution in [0.5, 0.6) is 0 Å². The molecule has 0 saturated heterocycles. The van der Waals surface area contributed by atoms with E-state index in [1.165, 1.54) is 0 Å². The summed E-state index contributed by atoms with van der Waals surface area (Å²) in [6.07, 6.45) is 0.516. The van der Waals surface area contributed by atoms with Crippen LogP contribution in [0.4, 0.5) is 0 Å². The van der Waals surface area contributed by atoms with Crippen LogP contribution in [0.3, 0.4) is 0 Å². The maximum Gasteiger partial charge on any atom is 0.265 e. The lowest BCUT2D eigenvalue weighted by Crippen LogP contribution is -2.33. The minimum Gasteiger partial charge on any atom is -0.304 e. The standard InChI is InChI=1S/C7H15NO4S/c1-4-8(2)5-7(6-9)12-13(3,10)11/h6-7H,4-5H2,1-3H3. The van der Waals surface area contributed by atoms with Gasteiger partial charge in [0.05, 0.1) is 6.26 Å². The highest BCUT2D eigenvalue weighted by atomic mass is 32.2. The van der Waals surface area contributed by atoms with E-state index in [2.05, 4.69) is 4.18 Å². The molecule has 1 atom stereocenters. The van der Waals surface area contributed by atoms with E-state index in [1.807, 2.05) is 6.92 Å². The van der Waals surface area contributed by atoms with Crippen LogP contribution in [-0.4, -0.2) is 52.1 Å². The van der Waals surface area contributed by atoms with Gasteiger partial charge >= 0.3 is 0 Å². The number of likely N-dealkylation sites (N-methyl/N-ethyl adjacent to an activating group) is 1. The van der Waals surface area contributed by atoms with Crippen molar-refractivity contribution in [2.24, 2.45) is 0 Å². The average molecular weight is 209 g/mol. The van der Waals surface area contributed by atoms with E-state index >= 15 is 0 Å². The van der Waals surface area contributed by atoms with Crippen molar-refractivity contribution in [3.63, 3.8) is 0 Å². The van der Waals surface area contributed by atoms with Gasteiger partial charge in [-0.2, -0.15) is 8.42 Å². The monoisotopic (exact) mass is 209 g/mol. The molecule has 0 aromatic rings. The summed E-state index contributed by atoms with van der Waals surface area (Å²) >= 11 is 0. The number of carbonyl (C=O) groups is 1. The summed E-state index contributed by atoms with van der Waals surface area (Å²) in [7, 11) is -1.77. The van der Waals surface area contributed by atoms with E-state index < -0.39 is 16.2 Å². The largest absolute Gasteiger partial charge is 0.304 e. The van der Waals surface area contributed by atoms with Gasteiger partial charge in [-0.15, -0.1) is 0 Å². The van der Waals surface area contributed by atoms with Crippen LogP contribution in [-0.2, 0) is 19.1 Å². The maximum atomic E-state index is 10.7. The lowest BCUT2D eigenvalue weighted by atomic mass is 10.4. The Kier molecular flexibility index (Phi) is 5.12. The molecule has 78 valence electrons. The molecule has 0 heterocycles.